The summed E-state index contributed by atoms with van der Waals surface area (Å²) in [7, 11) is 1.63. The Labute approximate surface area is 112 Å². The van der Waals surface area contributed by atoms with E-state index in [1.54, 1.807) is 7.11 Å². The van der Waals surface area contributed by atoms with Gasteiger partial charge in [-0.15, -0.1) is 0 Å². The zero-order valence-corrected chi connectivity index (χ0v) is 11.2. The van der Waals surface area contributed by atoms with Crippen molar-refractivity contribution >= 4 is 16.8 Å². The Morgan fingerprint density at radius 1 is 1.53 bits per heavy atom. The first-order chi connectivity index (χ1) is 9.13. The Morgan fingerprint density at radius 3 is 3.00 bits per heavy atom. The van der Waals surface area contributed by atoms with Crippen LogP contribution in [0.25, 0.3) is 10.9 Å². The van der Waals surface area contributed by atoms with Crippen molar-refractivity contribution in [3.63, 3.8) is 0 Å². The molecule has 0 spiro atoms. The molecule has 1 aromatic carbocycles. The Morgan fingerprint density at radius 2 is 2.32 bits per heavy atom. The predicted octanol–water partition coefficient (Wildman–Crippen LogP) is 1.18. The van der Waals surface area contributed by atoms with E-state index in [1.807, 2.05) is 31.3 Å². The van der Waals surface area contributed by atoms with E-state index in [4.69, 9.17) is 10.5 Å². The van der Waals surface area contributed by atoms with Gasteiger partial charge in [0.05, 0.1) is 13.5 Å². The minimum Gasteiger partial charge on any atom is -0.497 e. The number of nitrogens with two attached hydrogens (primary N) is 1. The number of aromatic nitrogens is 1. The van der Waals surface area contributed by atoms with Gasteiger partial charge < -0.3 is 20.8 Å². The lowest BCUT2D eigenvalue weighted by atomic mass is 10.1. The summed E-state index contributed by atoms with van der Waals surface area (Å²) in [5.74, 6) is 0.755. The maximum Gasteiger partial charge on any atom is 0.224 e. The molecule has 1 unspecified atom stereocenters. The van der Waals surface area contributed by atoms with Gasteiger partial charge in [0.25, 0.3) is 0 Å². The second kappa shape index (κ2) is 5.75. The first-order valence-corrected chi connectivity index (χ1v) is 6.27. The van der Waals surface area contributed by atoms with Crippen LogP contribution in [0.4, 0.5) is 0 Å². The first-order valence-electron chi connectivity index (χ1n) is 6.27. The standard InChI is InChI=1S/C14H19N3O2/c1-9(7-15)17-14(18)5-10-8-16-13-4-3-11(19-2)6-12(10)13/h3-4,6,8-9,16H,5,7,15H2,1-2H3,(H,17,18). The Bertz CT molecular complexity index is 577. The number of hydrogen-bond donors (Lipinski definition) is 3. The predicted molar refractivity (Wildman–Crippen MR) is 75.2 cm³/mol. The number of ether oxygens (including phenoxy) is 1. The van der Waals surface area contributed by atoms with Crippen LogP contribution in [-0.2, 0) is 11.2 Å². The molecule has 2 rings (SSSR count). The van der Waals surface area contributed by atoms with Crippen LogP contribution in [0.2, 0.25) is 0 Å². The monoisotopic (exact) mass is 261 g/mol. The summed E-state index contributed by atoms with van der Waals surface area (Å²) in [5, 5.41) is 3.86. The molecule has 0 fully saturated rings. The molecule has 0 aliphatic rings. The number of aromatic amines is 1. The highest BCUT2D eigenvalue weighted by atomic mass is 16.5. The molecule has 4 N–H and O–H groups in total. The van der Waals surface area contributed by atoms with Gasteiger partial charge in [-0.2, -0.15) is 0 Å². The van der Waals surface area contributed by atoms with E-state index < -0.39 is 0 Å². The smallest absolute Gasteiger partial charge is 0.224 e. The lowest BCUT2D eigenvalue weighted by Gasteiger charge is -2.10. The third kappa shape index (κ3) is 3.06. The number of amides is 1. The van der Waals surface area contributed by atoms with Crippen molar-refractivity contribution < 1.29 is 9.53 Å². The van der Waals surface area contributed by atoms with Crippen LogP contribution in [-0.4, -0.2) is 30.6 Å². The molecular weight excluding hydrogens is 242 g/mol. The van der Waals surface area contributed by atoms with Crippen LogP contribution in [0.15, 0.2) is 24.4 Å². The maximum atomic E-state index is 11.9. The fourth-order valence-electron chi connectivity index (χ4n) is 1.99. The molecule has 102 valence electrons. The third-order valence-corrected chi connectivity index (χ3v) is 3.09. The largest absolute Gasteiger partial charge is 0.497 e. The number of fused-ring (bicyclic) bond motifs is 1. The Balaban J connectivity index is 2.18. The van der Waals surface area contributed by atoms with E-state index in [0.717, 1.165) is 22.2 Å². The van der Waals surface area contributed by atoms with E-state index in [-0.39, 0.29) is 11.9 Å². The van der Waals surface area contributed by atoms with Crippen molar-refractivity contribution in [2.24, 2.45) is 5.73 Å². The molecule has 5 heteroatoms. The molecule has 0 aliphatic carbocycles. The van der Waals surface area contributed by atoms with E-state index in [1.165, 1.54) is 0 Å². The first kappa shape index (κ1) is 13.4. The lowest BCUT2D eigenvalue weighted by Crippen LogP contribution is -2.38. The fraction of sp³-hybridized carbons (Fsp3) is 0.357. The van der Waals surface area contributed by atoms with E-state index in [9.17, 15) is 4.79 Å². The van der Waals surface area contributed by atoms with Gasteiger partial charge in [-0.05, 0) is 30.7 Å². The number of nitrogens with one attached hydrogen (secondary N) is 2. The van der Waals surface area contributed by atoms with Gasteiger partial charge in [-0.1, -0.05) is 0 Å². The molecular formula is C14H19N3O2. The van der Waals surface area contributed by atoms with Crippen LogP contribution in [0.5, 0.6) is 5.75 Å². The summed E-state index contributed by atoms with van der Waals surface area (Å²) < 4.78 is 5.20. The summed E-state index contributed by atoms with van der Waals surface area (Å²) in [6, 6.07) is 5.75. The highest BCUT2D eigenvalue weighted by Gasteiger charge is 2.11. The van der Waals surface area contributed by atoms with Gasteiger partial charge in [-0.25, -0.2) is 0 Å². The van der Waals surface area contributed by atoms with E-state index in [2.05, 4.69) is 10.3 Å². The second-order valence-corrected chi connectivity index (χ2v) is 4.61. The topological polar surface area (TPSA) is 80.1 Å². The van der Waals surface area contributed by atoms with Gasteiger partial charge in [0.2, 0.25) is 5.91 Å². The number of rotatable bonds is 5. The van der Waals surface area contributed by atoms with E-state index in [0.29, 0.717) is 13.0 Å². The highest BCUT2D eigenvalue weighted by Crippen LogP contribution is 2.23. The summed E-state index contributed by atoms with van der Waals surface area (Å²) in [6.45, 7) is 2.32. The molecule has 0 bridgehead atoms. The number of H-pyrrole nitrogens is 1. The van der Waals surface area contributed by atoms with Crippen molar-refractivity contribution in [1.29, 1.82) is 0 Å². The van der Waals surface area contributed by atoms with Gasteiger partial charge in [-0.3, -0.25) is 4.79 Å². The molecule has 2 aromatic rings. The number of benzene rings is 1. The zero-order chi connectivity index (χ0) is 13.8. The molecule has 0 saturated heterocycles. The molecule has 1 atom stereocenters. The highest BCUT2D eigenvalue weighted by molar-refractivity contribution is 5.89. The van der Waals surface area contributed by atoms with Crippen molar-refractivity contribution in [2.75, 3.05) is 13.7 Å². The average molecular weight is 261 g/mol. The fourth-order valence-corrected chi connectivity index (χ4v) is 1.99. The van der Waals surface area contributed by atoms with Gasteiger partial charge in [0.1, 0.15) is 5.75 Å². The molecule has 1 aromatic heterocycles. The summed E-state index contributed by atoms with van der Waals surface area (Å²) in [5.41, 5.74) is 7.43. The Kier molecular flexibility index (Phi) is 4.06. The summed E-state index contributed by atoms with van der Waals surface area (Å²) >= 11 is 0. The van der Waals surface area contributed by atoms with Gasteiger partial charge in [0, 0.05) is 29.7 Å². The number of hydrogen-bond acceptors (Lipinski definition) is 3. The molecule has 1 heterocycles. The molecule has 0 saturated carbocycles. The quantitative estimate of drug-likeness (QED) is 0.756. The zero-order valence-electron chi connectivity index (χ0n) is 11.2. The third-order valence-electron chi connectivity index (χ3n) is 3.09. The summed E-state index contributed by atoms with van der Waals surface area (Å²) in [6.07, 6.45) is 2.19. The van der Waals surface area contributed by atoms with Crippen molar-refractivity contribution in [3.8, 4) is 5.75 Å². The molecule has 5 nitrogen and oxygen atoms in total. The van der Waals surface area contributed by atoms with Crippen molar-refractivity contribution in [1.82, 2.24) is 10.3 Å². The molecule has 0 radical (unpaired) electrons. The van der Waals surface area contributed by atoms with Gasteiger partial charge >= 0.3 is 0 Å². The van der Waals surface area contributed by atoms with Gasteiger partial charge in [0.15, 0.2) is 0 Å². The average Bonchev–Trinajstić information content (AvgIpc) is 2.80. The molecule has 0 aliphatic heterocycles. The number of carbonyl (C=O) groups excluding carboxylic acids is 1. The van der Waals surface area contributed by atoms with Crippen LogP contribution < -0.4 is 15.8 Å². The molecule has 1 amide bonds. The minimum absolute atomic E-state index is 0.00718. The number of carbonyl (C=O) groups is 1. The SMILES string of the molecule is COc1ccc2[nH]cc(CC(=O)NC(C)CN)c2c1. The Hall–Kier alpha value is -2.01. The van der Waals surface area contributed by atoms with Crippen LogP contribution in [0.3, 0.4) is 0 Å². The summed E-state index contributed by atoms with van der Waals surface area (Å²) in [4.78, 5) is 15.0. The van der Waals surface area contributed by atoms with Crippen LogP contribution in [0, 0.1) is 0 Å². The van der Waals surface area contributed by atoms with Crippen molar-refractivity contribution in [3.05, 3.63) is 30.0 Å². The number of methoxy groups -OCH3 is 1. The van der Waals surface area contributed by atoms with E-state index >= 15 is 0 Å². The van der Waals surface area contributed by atoms with Crippen LogP contribution >= 0.6 is 0 Å². The van der Waals surface area contributed by atoms with Crippen molar-refractivity contribution in [2.45, 2.75) is 19.4 Å². The normalized spacial score (nSPS) is 12.4. The second-order valence-electron chi connectivity index (χ2n) is 4.61. The molecule has 19 heavy (non-hydrogen) atoms. The minimum atomic E-state index is -0.0262. The van der Waals surface area contributed by atoms with Crippen LogP contribution in [0.1, 0.15) is 12.5 Å². The maximum absolute atomic E-state index is 11.9. The lowest BCUT2D eigenvalue weighted by molar-refractivity contribution is -0.120.